The number of nitrogens with two attached hydrogens (primary N) is 1. The summed E-state index contributed by atoms with van der Waals surface area (Å²) in [6, 6.07) is 18.3. The van der Waals surface area contributed by atoms with E-state index in [4.69, 9.17) is 5.73 Å². The first kappa shape index (κ1) is 13.3. The Morgan fingerprint density at radius 3 is 2.50 bits per heavy atom. The summed E-state index contributed by atoms with van der Waals surface area (Å²) >= 11 is 3.45. The Morgan fingerprint density at radius 1 is 0.900 bits per heavy atom. The maximum Gasteiger partial charge on any atom is 0.123 e. The Kier molecular flexibility index (Phi) is 3.55. The molecule has 1 nitrogen and oxygen atoms in total. The van der Waals surface area contributed by atoms with E-state index in [9.17, 15) is 4.39 Å². The summed E-state index contributed by atoms with van der Waals surface area (Å²) < 4.78 is 14.3. The van der Waals surface area contributed by atoms with Crippen LogP contribution in [-0.2, 0) is 0 Å². The van der Waals surface area contributed by atoms with Crippen LogP contribution in [0.4, 0.5) is 4.39 Å². The second-order valence-corrected chi connectivity index (χ2v) is 5.57. The molecule has 0 heterocycles. The quantitative estimate of drug-likeness (QED) is 0.718. The number of hydrogen-bond donors (Lipinski definition) is 1. The smallest absolute Gasteiger partial charge is 0.123 e. The van der Waals surface area contributed by atoms with Crippen LogP contribution in [0.15, 0.2) is 65.1 Å². The van der Waals surface area contributed by atoms with E-state index in [1.165, 1.54) is 12.1 Å². The minimum absolute atomic E-state index is 0.279. The molecule has 0 radical (unpaired) electrons. The fraction of sp³-hybridized carbons (Fsp3) is 0.0588. The van der Waals surface area contributed by atoms with E-state index in [1.807, 2.05) is 42.5 Å². The molecule has 0 spiro atoms. The van der Waals surface area contributed by atoms with Gasteiger partial charge in [-0.3, -0.25) is 0 Å². The third-order valence-corrected chi connectivity index (χ3v) is 4.17. The first-order valence-corrected chi connectivity index (χ1v) is 7.14. The maximum atomic E-state index is 13.5. The lowest BCUT2D eigenvalue weighted by atomic mass is 9.94. The summed E-state index contributed by atoms with van der Waals surface area (Å²) in [7, 11) is 0. The van der Waals surface area contributed by atoms with Crippen molar-refractivity contribution in [1.82, 2.24) is 0 Å². The van der Waals surface area contributed by atoms with Gasteiger partial charge >= 0.3 is 0 Å². The van der Waals surface area contributed by atoms with Gasteiger partial charge in [-0.05, 0) is 40.1 Å². The van der Waals surface area contributed by atoms with Crippen molar-refractivity contribution >= 4 is 26.7 Å². The van der Waals surface area contributed by atoms with Crippen LogP contribution in [0, 0.1) is 5.82 Å². The molecule has 3 aromatic rings. The number of fused-ring (bicyclic) bond motifs is 1. The van der Waals surface area contributed by atoms with Crippen LogP contribution in [0.3, 0.4) is 0 Å². The number of rotatable bonds is 2. The molecule has 3 heteroatoms. The molecule has 0 saturated carbocycles. The molecule has 0 aliphatic heterocycles. The van der Waals surface area contributed by atoms with Crippen molar-refractivity contribution < 1.29 is 4.39 Å². The highest BCUT2D eigenvalue weighted by atomic mass is 79.9. The van der Waals surface area contributed by atoms with E-state index in [0.717, 1.165) is 26.4 Å². The van der Waals surface area contributed by atoms with Gasteiger partial charge in [0.15, 0.2) is 0 Å². The Bertz CT molecular complexity index is 765. The lowest BCUT2D eigenvalue weighted by molar-refractivity contribution is 0.623. The van der Waals surface area contributed by atoms with Crippen LogP contribution >= 0.6 is 15.9 Å². The molecule has 20 heavy (non-hydrogen) atoms. The van der Waals surface area contributed by atoms with Crippen LogP contribution < -0.4 is 5.73 Å². The molecule has 3 aromatic carbocycles. The largest absolute Gasteiger partial charge is 0.320 e. The second-order valence-electron chi connectivity index (χ2n) is 4.71. The van der Waals surface area contributed by atoms with E-state index in [0.29, 0.717) is 0 Å². The molecule has 0 bridgehead atoms. The van der Waals surface area contributed by atoms with E-state index in [-0.39, 0.29) is 11.9 Å². The van der Waals surface area contributed by atoms with Gasteiger partial charge in [0, 0.05) is 4.47 Å². The van der Waals surface area contributed by atoms with Crippen molar-refractivity contribution in [2.75, 3.05) is 0 Å². The van der Waals surface area contributed by atoms with Crippen molar-refractivity contribution in [1.29, 1.82) is 0 Å². The Balaban J connectivity index is 2.17. The highest BCUT2D eigenvalue weighted by Gasteiger charge is 2.15. The van der Waals surface area contributed by atoms with Crippen molar-refractivity contribution in [3.8, 4) is 0 Å². The van der Waals surface area contributed by atoms with Crippen LogP contribution in [0.25, 0.3) is 10.8 Å². The number of hydrogen-bond acceptors (Lipinski definition) is 1. The molecule has 3 rings (SSSR count). The van der Waals surface area contributed by atoms with Gasteiger partial charge in [-0.2, -0.15) is 0 Å². The molecule has 1 unspecified atom stereocenters. The van der Waals surface area contributed by atoms with Gasteiger partial charge < -0.3 is 5.73 Å². The molecular weight excluding hydrogens is 317 g/mol. The van der Waals surface area contributed by atoms with E-state index < -0.39 is 0 Å². The van der Waals surface area contributed by atoms with Crippen molar-refractivity contribution in [2.24, 2.45) is 5.73 Å². The fourth-order valence-corrected chi connectivity index (χ4v) is 2.94. The van der Waals surface area contributed by atoms with E-state index in [2.05, 4.69) is 15.9 Å². The highest BCUT2D eigenvalue weighted by molar-refractivity contribution is 9.10. The molecule has 0 aliphatic carbocycles. The summed E-state index contributed by atoms with van der Waals surface area (Å²) in [5.41, 5.74) is 8.10. The third kappa shape index (κ3) is 2.35. The van der Waals surface area contributed by atoms with E-state index >= 15 is 0 Å². The van der Waals surface area contributed by atoms with Gasteiger partial charge in [-0.1, -0.05) is 58.4 Å². The molecule has 0 amide bonds. The monoisotopic (exact) mass is 329 g/mol. The molecule has 0 aromatic heterocycles. The Morgan fingerprint density at radius 2 is 1.65 bits per heavy atom. The zero-order valence-corrected chi connectivity index (χ0v) is 12.3. The van der Waals surface area contributed by atoms with Crippen LogP contribution in [0.5, 0.6) is 0 Å². The SMILES string of the molecule is NC(c1cc(F)ccc1Br)c1cccc2ccccc12. The normalized spacial score (nSPS) is 12.6. The standard InChI is InChI=1S/C17H13BrFN/c18-16-9-8-12(19)10-15(16)17(20)14-7-3-5-11-4-1-2-6-13(11)14/h1-10,17H,20H2. The molecule has 0 saturated heterocycles. The number of halogens is 2. The van der Waals surface area contributed by atoms with Gasteiger partial charge in [0.25, 0.3) is 0 Å². The van der Waals surface area contributed by atoms with Gasteiger partial charge in [-0.15, -0.1) is 0 Å². The van der Waals surface area contributed by atoms with Crippen molar-refractivity contribution in [3.63, 3.8) is 0 Å². The topological polar surface area (TPSA) is 26.0 Å². The lowest BCUT2D eigenvalue weighted by Crippen LogP contribution is -2.13. The molecule has 2 N–H and O–H groups in total. The first-order chi connectivity index (χ1) is 9.66. The van der Waals surface area contributed by atoms with Gasteiger partial charge in [-0.25, -0.2) is 4.39 Å². The number of benzene rings is 3. The third-order valence-electron chi connectivity index (χ3n) is 3.45. The highest BCUT2D eigenvalue weighted by Crippen LogP contribution is 2.31. The van der Waals surface area contributed by atoms with Crippen LogP contribution in [-0.4, -0.2) is 0 Å². The summed E-state index contributed by atoms with van der Waals surface area (Å²) in [5, 5.41) is 2.23. The fourth-order valence-electron chi connectivity index (χ4n) is 2.44. The van der Waals surface area contributed by atoms with Crippen molar-refractivity contribution in [3.05, 3.63) is 82.1 Å². The molecule has 100 valence electrons. The lowest BCUT2D eigenvalue weighted by Gasteiger charge is -2.17. The van der Waals surface area contributed by atoms with Crippen LogP contribution in [0.2, 0.25) is 0 Å². The minimum Gasteiger partial charge on any atom is -0.320 e. The zero-order valence-electron chi connectivity index (χ0n) is 10.7. The summed E-state index contributed by atoms with van der Waals surface area (Å²) in [4.78, 5) is 0. The van der Waals surface area contributed by atoms with E-state index in [1.54, 1.807) is 6.07 Å². The average Bonchev–Trinajstić information content (AvgIpc) is 2.48. The van der Waals surface area contributed by atoms with Gasteiger partial charge in [0.1, 0.15) is 5.82 Å². The van der Waals surface area contributed by atoms with Crippen LogP contribution in [0.1, 0.15) is 17.2 Å². The van der Waals surface area contributed by atoms with Gasteiger partial charge in [0.05, 0.1) is 6.04 Å². The molecule has 0 fully saturated rings. The summed E-state index contributed by atoms with van der Waals surface area (Å²) in [5.74, 6) is -0.279. The summed E-state index contributed by atoms with van der Waals surface area (Å²) in [6.45, 7) is 0. The Hall–Kier alpha value is -1.71. The van der Waals surface area contributed by atoms with Crippen molar-refractivity contribution in [2.45, 2.75) is 6.04 Å². The molecule has 0 aliphatic rings. The summed E-state index contributed by atoms with van der Waals surface area (Å²) in [6.07, 6.45) is 0. The zero-order chi connectivity index (χ0) is 14.1. The first-order valence-electron chi connectivity index (χ1n) is 6.35. The second kappa shape index (κ2) is 5.35. The predicted molar refractivity (Wildman–Crippen MR) is 84.1 cm³/mol. The van der Waals surface area contributed by atoms with Gasteiger partial charge in [0.2, 0.25) is 0 Å². The predicted octanol–water partition coefficient (Wildman–Crippen LogP) is 4.79. The molecule has 1 atom stereocenters. The Labute approximate surface area is 125 Å². The maximum absolute atomic E-state index is 13.5. The average molecular weight is 330 g/mol. The minimum atomic E-state index is -0.369. The molecular formula is C17H13BrFN.